The van der Waals surface area contributed by atoms with E-state index >= 15 is 0 Å². The summed E-state index contributed by atoms with van der Waals surface area (Å²) < 4.78 is 9.81. The van der Waals surface area contributed by atoms with E-state index in [4.69, 9.17) is 16.3 Å². The topological polar surface area (TPSA) is 94.3 Å². The second kappa shape index (κ2) is 5.98. The molecule has 3 aromatic rings. The van der Waals surface area contributed by atoms with Gasteiger partial charge in [-0.05, 0) is 42.7 Å². The standard InChI is InChI=1S/C14H10ClN3O4S/c1-2-22-14(21)9-11-10(16-17-23-11)13(20)18(12(9)19)8-5-3-7(15)4-6-8/h3-6,19H,2H2,1H3. The molecule has 0 amide bonds. The van der Waals surface area contributed by atoms with E-state index in [1.807, 2.05) is 0 Å². The van der Waals surface area contributed by atoms with Gasteiger partial charge in [0.05, 0.1) is 12.3 Å². The van der Waals surface area contributed by atoms with Gasteiger partial charge in [-0.2, -0.15) is 0 Å². The van der Waals surface area contributed by atoms with Gasteiger partial charge in [-0.1, -0.05) is 16.1 Å². The Kier molecular flexibility index (Phi) is 4.01. The Morgan fingerprint density at radius 3 is 2.74 bits per heavy atom. The van der Waals surface area contributed by atoms with Crippen molar-refractivity contribution in [3.05, 3.63) is 45.2 Å². The van der Waals surface area contributed by atoms with E-state index in [1.54, 1.807) is 31.2 Å². The summed E-state index contributed by atoms with van der Waals surface area (Å²) in [6.45, 7) is 1.78. The minimum Gasteiger partial charge on any atom is -0.493 e. The maximum atomic E-state index is 12.6. The van der Waals surface area contributed by atoms with Gasteiger partial charge < -0.3 is 9.84 Å². The molecule has 7 nitrogen and oxygen atoms in total. The zero-order valence-electron chi connectivity index (χ0n) is 11.8. The number of carbonyl (C=O) groups excluding carboxylic acids is 1. The maximum absolute atomic E-state index is 12.6. The van der Waals surface area contributed by atoms with Gasteiger partial charge in [0, 0.05) is 5.02 Å². The van der Waals surface area contributed by atoms with E-state index in [2.05, 4.69) is 9.59 Å². The van der Waals surface area contributed by atoms with Crippen LogP contribution in [0.4, 0.5) is 0 Å². The fourth-order valence-corrected chi connectivity index (χ4v) is 2.94. The molecule has 0 atom stereocenters. The Morgan fingerprint density at radius 2 is 2.09 bits per heavy atom. The monoisotopic (exact) mass is 351 g/mol. The number of aromatic hydroxyl groups is 1. The Bertz CT molecular complexity index is 949. The summed E-state index contributed by atoms with van der Waals surface area (Å²) in [5, 5.41) is 14.7. The van der Waals surface area contributed by atoms with Crippen molar-refractivity contribution in [2.24, 2.45) is 0 Å². The number of pyridine rings is 1. The molecule has 0 aliphatic carbocycles. The van der Waals surface area contributed by atoms with E-state index < -0.39 is 17.4 Å². The first kappa shape index (κ1) is 15.4. The third kappa shape index (κ3) is 2.55. The summed E-state index contributed by atoms with van der Waals surface area (Å²) in [7, 11) is 0. The number of halogens is 1. The number of benzene rings is 1. The van der Waals surface area contributed by atoms with Crippen molar-refractivity contribution >= 4 is 39.3 Å². The van der Waals surface area contributed by atoms with Crippen LogP contribution in [-0.4, -0.2) is 31.8 Å². The zero-order chi connectivity index (χ0) is 16.6. The smallest absolute Gasteiger partial charge is 0.345 e. The van der Waals surface area contributed by atoms with Gasteiger partial charge in [-0.3, -0.25) is 4.79 Å². The van der Waals surface area contributed by atoms with Crippen molar-refractivity contribution < 1.29 is 14.6 Å². The van der Waals surface area contributed by atoms with Crippen LogP contribution in [0.25, 0.3) is 15.9 Å². The van der Waals surface area contributed by atoms with Gasteiger partial charge in [0.15, 0.2) is 5.52 Å². The maximum Gasteiger partial charge on any atom is 0.345 e. The van der Waals surface area contributed by atoms with Gasteiger partial charge in [0.25, 0.3) is 5.56 Å². The van der Waals surface area contributed by atoms with Crippen LogP contribution in [-0.2, 0) is 4.74 Å². The van der Waals surface area contributed by atoms with Crippen molar-refractivity contribution in [1.82, 2.24) is 14.2 Å². The highest BCUT2D eigenvalue weighted by Crippen LogP contribution is 2.29. The first-order valence-electron chi connectivity index (χ1n) is 6.57. The van der Waals surface area contributed by atoms with Crippen molar-refractivity contribution in [2.75, 3.05) is 6.61 Å². The molecule has 2 heterocycles. The second-order valence-corrected chi connectivity index (χ2v) is 5.68. The van der Waals surface area contributed by atoms with E-state index in [0.29, 0.717) is 10.7 Å². The summed E-state index contributed by atoms with van der Waals surface area (Å²) in [6, 6.07) is 6.22. The number of carbonyl (C=O) groups is 1. The van der Waals surface area contributed by atoms with Crippen LogP contribution in [0.15, 0.2) is 29.1 Å². The highest BCUT2D eigenvalue weighted by atomic mass is 35.5. The third-order valence-corrected chi connectivity index (χ3v) is 4.12. The van der Waals surface area contributed by atoms with Crippen LogP contribution in [0.1, 0.15) is 17.3 Å². The molecule has 0 radical (unpaired) electrons. The highest BCUT2D eigenvalue weighted by molar-refractivity contribution is 7.13. The molecule has 0 unspecified atom stereocenters. The first-order chi connectivity index (χ1) is 11.0. The molecule has 0 aliphatic rings. The molecule has 0 bridgehead atoms. The van der Waals surface area contributed by atoms with Crippen LogP contribution in [0.5, 0.6) is 5.88 Å². The van der Waals surface area contributed by atoms with Gasteiger partial charge in [-0.15, -0.1) is 5.10 Å². The molecule has 1 aromatic carbocycles. The molecule has 0 saturated heterocycles. The lowest BCUT2D eigenvalue weighted by molar-refractivity contribution is 0.0524. The number of esters is 1. The Morgan fingerprint density at radius 1 is 1.39 bits per heavy atom. The molecule has 0 aliphatic heterocycles. The lowest BCUT2D eigenvalue weighted by Gasteiger charge is -2.12. The largest absolute Gasteiger partial charge is 0.493 e. The minimum absolute atomic E-state index is 0.00852. The SMILES string of the molecule is CCOC(=O)c1c(O)n(-c2ccc(Cl)cc2)c(=O)c2nnsc12. The number of nitrogens with zero attached hydrogens (tertiary/aromatic N) is 3. The van der Waals surface area contributed by atoms with Gasteiger partial charge in [-0.25, -0.2) is 9.36 Å². The quantitative estimate of drug-likeness (QED) is 0.728. The molecular formula is C14H10ClN3O4S. The normalized spacial score (nSPS) is 10.9. The van der Waals surface area contributed by atoms with Crippen LogP contribution < -0.4 is 5.56 Å². The fraction of sp³-hybridized carbons (Fsp3) is 0.143. The third-order valence-electron chi connectivity index (χ3n) is 3.12. The Balaban J connectivity index is 2.36. The molecule has 9 heteroatoms. The van der Waals surface area contributed by atoms with E-state index in [1.165, 1.54) is 0 Å². The van der Waals surface area contributed by atoms with Crippen LogP contribution >= 0.6 is 23.1 Å². The number of rotatable bonds is 3. The van der Waals surface area contributed by atoms with E-state index in [9.17, 15) is 14.7 Å². The molecule has 2 aromatic heterocycles. The van der Waals surface area contributed by atoms with Crippen molar-refractivity contribution in [3.63, 3.8) is 0 Å². The number of hydrogen-bond donors (Lipinski definition) is 1. The first-order valence-corrected chi connectivity index (χ1v) is 7.72. The Hall–Kier alpha value is -2.45. The van der Waals surface area contributed by atoms with Crippen molar-refractivity contribution in [2.45, 2.75) is 6.92 Å². The Labute approximate surface area is 138 Å². The molecule has 23 heavy (non-hydrogen) atoms. The molecule has 0 spiro atoms. The summed E-state index contributed by atoms with van der Waals surface area (Å²) in [5.41, 5.74) is -0.379. The number of aromatic nitrogens is 3. The average molecular weight is 352 g/mol. The second-order valence-electron chi connectivity index (χ2n) is 4.49. The minimum atomic E-state index is -0.747. The lowest BCUT2D eigenvalue weighted by atomic mass is 10.2. The van der Waals surface area contributed by atoms with Gasteiger partial charge >= 0.3 is 5.97 Å². The average Bonchev–Trinajstić information content (AvgIpc) is 2.99. The van der Waals surface area contributed by atoms with Gasteiger partial charge in [0.2, 0.25) is 5.88 Å². The molecule has 0 saturated carbocycles. The molecule has 0 fully saturated rings. The van der Waals surface area contributed by atoms with E-state index in [-0.39, 0.29) is 22.4 Å². The summed E-state index contributed by atoms with van der Waals surface area (Å²) >= 11 is 6.68. The molecular weight excluding hydrogens is 342 g/mol. The molecule has 118 valence electrons. The van der Waals surface area contributed by atoms with Crippen LogP contribution in [0.3, 0.4) is 0 Å². The summed E-state index contributed by atoms with van der Waals surface area (Å²) in [6.07, 6.45) is 0. The lowest BCUT2D eigenvalue weighted by Crippen LogP contribution is -2.22. The predicted molar refractivity (Wildman–Crippen MR) is 85.6 cm³/mol. The van der Waals surface area contributed by atoms with E-state index in [0.717, 1.165) is 16.1 Å². The number of fused-ring (bicyclic) bond motifs is 1. The van der Waals surface area contributed by atoms with Crippen molar-refractivity contribution in [1.29, 1.82) is 0 Å². The highest BCUT2D eigenvalue weighted by Gasteiger charge is 2.26. The zero-order valence-corrected chi connectivity index (χ0v) is 13.4. The van der Waals surface area contributed by atoms with Gasteiger partial charge in [0.1, 0.15) is 10.3 Å². The predicted octanol–water partition coefficient (Wildman–Crippen LogP) is 2.38. The number of ether oxygens (including phenoxy) is 1. The molecule has 1 N–H and O–H groups in total. The van der Waals surface area contributed by atoms with Crippen LogP contribution in [0, 0.1) is 0 Å². The summed E-state index contributed by atoms with van der Waals surface area (Å²) in [5.74, 6) is -1.27. The number of hydrogen-bond acceptors (Lipinski definition) is 7. The summed E-state index contributed by atoms with van der Waals surface area (Å²) in [4.78, 5) is 24.7. The molecule has 3 rings (SSSR count). The van der Waals surface area contributed by atoms with Crippen LogP contribution in [0.2, 0.25) is 5.02 Å². The van der Waals surface area contributed by atoms with Crippen molar-refractivity contribution in [3.8, 4) is 11.6 Å². The fourth-order valence-electron chi connectivity index (χ4n) is 2.13.